The summed E-state index contributed by atoms with van der Waals surface area (Å²) in [7, 11) is 4.18. The van der Waals surface area contributed by atoms with E-state index in [0.29, 0.717) is 6.04 Å². The molecule has 0 aliphatic rings. The van der Waals surface area contributed by atoms with Gasteiger partial charge in [-0.2, -0.15) is 0 Å². The fourth-order valence-corrected chi connectivity index (χ4v) is 2.45. The lowest BCUT2D eigenvalue weighted by molar-refractivity contribution is 0.199. The fraction of sp³-hybridized carbons (Fsp3) is 0.600. The number of hydrogen-bond acceptors (Lipinski definition) is 3. The summed E-state index contributed by atoms with van der Waals surface area (Å²) in [5, 5.41) is 9.88. The molecule has 0 fully saturated rings. The van der Waals surface area contributed by atoms with Crippen LogP contribution in [-0.2, 0) is 0 Å². The molecule has 0 spiro atoms. The molecule has 2 atom stereocenters. The summed E-state index contributed by atoms with van der Waals surface area (Å²) in [5.41, 5.74) is 2.15. The van der Waals surface area contributed by atoms with E-state index in [1.165, 1.54) is 0 Å². The van der Waals surface area contributed by atoms with Crippen LogP contribution in [0, 0.1) is 0 Å². The van der Waals surface area contributed by atoms with Gasteiger partial charge in [-0.15, -0.1) is 0 Å². The minimum atomic E-state index is -0.429. The van der Waals surface area contributed by atoms with Crippen molar-refractivity contribution >= 4 is 5.69 Å². The van der Waals surface area contributed by atoms with Gasteiger partial charge in [0, 0.05) is 30.4 Å². The molecule has 1 N–H and O–H groups in total. The minimum Gasteiger partial charge on any atom is -0.389 e. The third-order valence-electron chi connectivity index (χ3n) is 3.20. The fourth-order valence-electron chi connectivity index (χ4n) is 2.45. The first-order chi connectivity index (χ1) is 8.47. The zero-order valence-electron chi connectivity index (χ0n) is 12.2. The zero-order valence-corrected chi connectivity index (χ0v) is 12.2. The molecule has 0 bridgehead atoms. The molecule has 0 aliphatic heterocycles. The number of benzene rings is 1. The van der Waals surface area contributed by atoms with Gasteiger partial charge in [-0.3, -0.25) is 0 Å². The maximum absolute atomic E-state index is 9.88. The van der Waals surface area contributed by atoms with Gasteiger partial charge in [0.25, 0.3) is 0 Å². The normalized spacial score (nSPS) is 14.6. The van der Waals surface area contributed by atoms with E-state index in [1.807, 2.05) is 25.1 Å². The summed E-state index contributed by atoms with van der Waals surface area (Å²) in [6.07, 6.45) is -0.429. The van der Waals surface area contributed by atoms with Gasteiger partial charge in [0.05, 0.1) is 6.10 Å². The first kappa shape index (κ1) is 15.0. The third-order valence-corrected chi connectivity index (χ3v) is 3.20. The summed E-state index contributed by atoms with van der Waals surface area (Å²) < 4.78 is 0. The summed E-state index contributed by atoms with van der Waals surface area (Å²) in [4.78, 5) is 4.54. The van der Waals surface area contributed by atoms with Crippen LogP contribution in [0.3, 0.4) is 0 Å². The average molecular weight is 250 g/mol. The second-order valence-corrected chi connectivity index (χ2v) is 5.13. The predicted molar refractivity (Wildman–Crippen MR) is 78.1 cm³/mol. The first-order valence-corrected chi connectivity index (χ1v) is 6.65. The Hall–Kier alpha value is -1.06. The SMILES string of the molecule is CCN(c1ccccc1C(C)O)C(C)CN(C)C. The van der Waals surface area contributed by atoms with E-state index in [4.69, 9.17) is 0 Å². The van der Waals surface area contributed by atoms with Gasteiger partial charge in [0.15, 0.2) is 0 Å². The molecule has 3 nitrogen and oxygen atoms in total. The molecule has 2 unspecified atom stereocenters. The van der Waals surface area contributed by atoms with Crippen molar-refractivity contribution in [2.45, 2.75) is 32.9 Å². The number of anilines is 1. The van der Waals surface area contributed by atoms with Crippen LogP contribution in [0.15, 0.2) is 24.3 Å². The molecule has 0 aliphatic carbocycles. The Morgan fingerprint density at radius 1 is 1.17 bits per heavy atom. The second kappa shape index (κ2) is 6.76. The van der Waals surface area contributed by atoms with Crippen molar-refractivity contribution < 1.29 is 5.11 Å². The van der Waals surface area contributed by atoms with Crippen molar-refractivity contribution in [1.29, 1.82) is 0 Å². The van der Waals surface area contributed by atoms with Crippen molar-refractivity contribution in [3.63, 3.8) is 0 Å². The second-order valence-electron chi connectivity index (χ2n) is 5.13. The van der Waals surface area contributed by atoms with Crippen molar-refractivity contribution in [2.24, 2.45) is 0 Å². The highest BCUT2D eigenvalue weighted by Crippen LogP contribution is 2.27. The highest BCUT2D eigenvalue weighted by atomic mass is 16.3. The molecule has 102 valence electrons. The Kier molecular flexibility index (Phi) is 5.63. The van der Waals surface area contributed by atoms with Crippen molar-refractivity contribution in [3.05, 3.63) is 29.8 Å². The van der Waals surface area contributed by atoms with Crippen LogP contribution < -0.4 is 4.90 Å². The number of nitrogens with zero attached hydrogens (tertiary/aromatic N) is 2. The lowest BCUT2D eigenvalue weighted by atomic mass is 10.1. The number of hydrogen-bond donors (Lipinski definition) is 1. The van der Waals surface area contributed by atoms with Crippen molar-refractivity contribution in [2.75, 3.05) is 32.1 Å². The topological polar surface area (TPSA) is 26.7 Å². The Bertz CT molecular complexity index is 363. The molecule has 0 aromatic heterocycles. The number of aliphatic hydroxyl groups excluding tert-OH is 1. The summed E-state index contributed by atoms with van der Waals surface area (Å²) in [6, 6.07) is 8.54. The van der Waals surface area contributed by atoms with Gasteiger partial charge in [-0.1, -0.05) is 18.2 Å². The van der Waals surface area contributed by atoms with Crippen LogP contribution in [0.1, 0.15) is 32.4 Å². The van der Waals surface area contributed by atoms with Gasteiger partial charge in [-0.25, -0.2) is 0 Å². The molecule has 1 aromatic carbocycles. The largest absolute Gasteiger partial charge is 0.389 e. The van der Waals surface area contributed by atoms with Gasteiger partial charge < -0.3 is 14.9 Å². The van der Waals surface area contributed by atoms with E-state index in [1.54, 1.807) is 0 Å². The van der Waals surface area contributed by atoms with Crippen LogP contribution in [-0.4, -0.2) is 43.2 Å². The highest BCUT2D eigenvalue weighted by molar-refractivity contribution is 5.55. The zero-order chi connectivity index (χ0) is 13.7. The summed E-state index contributed by atoms with van der Waals surface area (Å²) in [5.74, 6) is 0. The molecule has 18 heavy (non-hydrogen) atoms. The molecule has 3 heteroatoms. The monoisotopic (exact) mass is 250 g/mol. The van der Waals surface area contributed by atoms with Crippen molar-refractivity contribution in [1.82, 2.24) is 4.90 Å². The Morgan fingerprint density at radius 2 is 1.78 bits per heavy atom. The maximum Gasteiger partial charge on any atom is 0.0781 e. The van der Waals surface area contributed by atoms with Gasteiger partial charge in [0.1, 0.15) is 0 Å². The van der Waals surface area contributed by atoms with E-state index in [0.717, 1.165) is 24.3 Å². The highest BCUT2D eigenvalue weighted by Gasteiger charge is 2.18. The molecule has 1 rings (SSSR count). The van der Waals surface area contributed by atoms with E-state index in [9.17, 15) is 5.11 Å². The third kappa shape index (κ3) is 3.72. The molecule has 0 radical (unpaired) electrons. The molecular weight excluding hydrogens is 224 g/mol. The van der Waals surface area contributed by atoms with E-state index in [2.05, 4.69) is 43.8 Å². The Balaban J connectivity index is 3.01. The van der Waals surface area contributed by atoms with Crippen LogP contribution >= 0.6 is 0 Å². The summed E-state index contributed by atoms with van der Waals surface area (Å²) >= 11 is 0. The van der Waals surface area contributed by atoms with E-state index < -0.39 is 6.10 Å². The molecule has 0 heterocycles. The molecule has 0 saturated heterocycles. The Labute approximate surface area is 111 Å². The predicted octanol–water partition coefficient (Wildman–Crippen LogP) is 2.52. The van der Waals surface area contributed by atoms with Gasteiger partial charge in [0.2, 0.25) is 0 Å². The number of para-hydroxylation sites is 1. The standard InChI is InChI=1S/C15H26N2O/c1-6-17(12(2)11-16(4)5)15-10-8-7-9-14(15)13(3)18/h7-10,12-13,18H,6,11H2,1-5H3. The Morgan fingerprint density at radius 3 is 2.28 bits per heavy atom. The first-order valence-electron chi connectivity index (χ1n) is 6.65. The van der Waals surface area contributed by atoms with E-state index >= 15 is 0 Å². The lowest BCUT2D eigenvalue weighted by Crippen LogP contribution is -2.40. The number of aliphatic hydroxyl groups is 1. The van der Waals surface area contributed by atoms with Crippen LogP contribution in [0.5, 0.6) is 0 Å². The van der Waals surface area contributed by atoms with E-state index in [-0.39, 0.29) is 0 Å². The summed E-state index contributed by atoms with van der Waals surface area (Å²) in [6.45, 7) is 8.15. The van der Waals surface area contributed by atoms with Gasteiger partial charge >= 0.3 is 0 Å². The van der Waals surface area contributed by atoms with Crippen LogP contribution in [0.2, 0.25) is 0 Å². The molecule has 0 saturated carbocycles. The molecular formula is C15H26N2O. The average Bonchev–Trinajstić information content (AvgIpc) is 2.29. The number of rotatable bonds is 6. The van der Waals surface area contributed by atoms with Crippen LogP contribution in [0.4, 0.5) is 5.69 Å². The number of likely N-dealkylation sites (N-methyl/N-ethyl adjacent to an activating group) is 2. The minimum absolute atomic E-state index is 0.421. The lowest BCUT2D eigenvalue weighted by Gasteiger charge is -2.34. The molecule has 0 amide bonds. The smallest absolute Gasteiger partial charge is 0.0781 e. The van der Waals surface area contributed by atoms with Crippen molar-refractivity contribution in [3.8, 4) is 0 Å². The molecule has 1 aromatic rings. The quantitative estimate of drug-likeness (QED) is 0.840. The van der Waals surface area contributed by atoms with Gasteiger partial charge in [-0.05, 0) is 40.9 Å². The van der Waals surface area contributed by atoms with Crippen LogP contribution in [0.25, 0.3) is 0 Å². The maximum atomic E-state index is 9.88.